The molecule has 0 radical (unpaired) electrons. The van der Waals surface area contributed by atoms with E-state index in [1.165, 1.54) is 12.7 Å². The van der Waals surface area contributed by atoms with E-state index in [1.807, 2.05) is 6.07 Å². The normalized spacial score (nSPS) is 44.2. The van der Waals surface area contributed by atoms with Gasteiger partial charge < -0.3 is 14.6 Å². The lowest BCUT2D eigenvalue weighted by molar-refractivity contribution is -0.199. The number of rotatable bonds is 4. The van der Waals surface area contributed by atoms with E-state index >= 15 is 0 Å². The van der Waals surface area contributed by atoms with Crippen molar-refractivity contribution in [2.75, 3.05) is 7.11 Å². The summed E-state index contributed by atoms with van der Waals surface area (Å²) in [7, 11) is 1.49. The standard InChI is InChI=1S/C38H52O6/c1-33(2)28-13-16-38(7)30(36(28,5)15-14-29(33)44-27-12-10-9-11-23(27)31(40)41)26(39)21-24-25-22-35(4,32(42)43-8)18-17-34(25,3)19-20-37(24,38)6/h9-12,21,25,28-30H,13-20,22H2,1-8H3,(H,40,41)/t25?,28?,29-,30-,34-,35+,36+,37-,38-/m1/s1. The largest absolute Gasteiger partial charge is 0.489 e. The van der Waals surface area contributed by atoms with Gasteiger partial charge in [0.15, 0.2) is 5.78 Å². The molecule has 0 amide bonds. The van der Waals surface area contributed by atoms with Gasteiger partial charge in [-0.3, -0.25) is 9.59 Å². The predicted octanol–water partition coefficient (Wildman–Crippen LogP) is 8.29. The first kappa shape index (κ1) is 31.4. The third-order valence-corrected chi connectivity index (χ3v) is 14.6. The number of ether oxygens (including phenoxy) is 2. The number of hydrogen-bond acceptors (Lipinski definition) is 5. The smallest absolute Gasteiger partial charge is 0.339 e. The topological polar surface area (TPSA) is 89.9 Å². The number of carbonyl (C=O) groups is 3. The third-order valence-electron chi connectivity index (χ3n) is 14.6. The molecule has 0 saturated heterocycles. The van der Waals surface area contributed by atoms with Crippen molar-refractivity contribution in [2.45, 2.75) is 112 Å². The van der Waals surface area contributed by atoms with Crippen LogP contribution in [0.2, 0.25) is 0 Å². The Morgan fingerprint density at radius 3 is 2.25 bits per heavy atom. The van der Waals surface area contributed by atoms with Gasteiger partial charge in [0, 0.05) is 11.3 Å². The van der Waals surface area contributed by atoms with Gasteiger partial charge in [-0.2, -0.15) is 0 Å². The Kier molecular flexibility index (Phi) is 7.08. The summed E-state index contributed by atoms with van der Waals surface area (Å²) in [6.45, 7) is 16.2. The summed E-state index contributed by atoms with van der Waals surface area (Å²) in [6.07, 6.45) is 10.3. The zero-order valence-corrected chi connectivity index (χ0v) is 28.0. The van der Waals surface area contributed by atoms with E-state index in [9.17, 15) is 19.5 Å². The maximum absolute atomic E-state index is 14.7. The first-order chi connectivity index (χ1) is 20.5. The monoisotopic (exact) mass is 604 g/mol. The maximum atomic E-state index is 14.7. The van der Waals surface area contributed by atoms with Gasteiger partial charge >= 0.3 is 11.9 Å². The second kappa shape index (κ2) is 9.93. The number of carboxylic acid groups (broad SMARTS) is 1. The van der Waals surface area contributed by atoms with Gasteiger partial charge in [-0.05, 0) is 116 Å². The quantitative estimate of drug-likeness (QED) is 0.348. The maximum Gasteiger partial charge on any atom is 0.339 e. The fraction of sp³-hybridized carbons (Fsp3) is 0.711. The van der Waals surface area contributed by atoms with Crippen LogP contribution in [-0.4, -0.2) is 36.0 Å². The molecule has 1 aromatic rings. The molecule has 44 heavy (non-hydrogen) atoms. The molecule has 4 saturated carbocycles. The van der Waals surface area contributed by atoms with E-state index in [2.05, 4.69) is 54.5 Å². The van der Waals surface area contributed by atoms with Crippen molar-refractivity contribution < 1.29 is 29.0 Å². The van der Waals surface area contributed by atoms with Crippen LogP contribution in [0.4, 0.5) is 0 Å². The second-order valence-electron chi connectivity index (χ2n) is 17.0. The van der Waals surface area contributed by atoms with Gasteiger partial charge in [-0.25, -0.2) is 4.79 Å². The minimum Gasteiger partial charge on any atom is -0.489 e. The minimum atomic E-state index is -0.982. The molecular formula is C38H52O6. The molecule has 6 heteroatoms. The van der Waals surface area contributed by atoms with Crippen molar-refractivity contribution in [2.24, 2.45) is 50.2 Å². The van der Waals surface area contributed by atoms with Crippen LogP contribution in [-0.2, 0) is 14.3 Å². The molecule has 6 rings (SSSR count). The molecular weight excluding hydrogens is 552 g/mol. The highest BCUT2D eigenvalue weighted by molar-refractivity contribution is 5.96. The van der Waals surface area contributed by atoms with Gasteiger partial charge in [-0.15, -0.1) is 0 Å². The van der Waals surface area contributed by atoms with E-state index in [0.29, 0.717) is 5.75 Å². The van der Waals surface area contributed by atoms with E-state index in [-0.39, 0.29) is 68.2 Å². The molecule has 0 aromatic heterocycles. The number of carbonyl (C=O) groups excluding carboxylic acids is 2. The van der Waals surface area contributed by atoms with Crippen LogP contribution in [0.15, 0.2) is 35.9 Å². The van der Waals surface area contributed by atoms with Crippen LogP contribution in [0, 0.1) is 50.2 Å². The van der Waals surface area contributed by atoms with Crippen LogP contribution < -0.4 is 4.74 Å². The summed E-state index contributed by atoms with van der Waals surface area (Å²) in [6, 6.07) is 6.92. The van der Waals surface area contributed by atoms with Crippen molar-refractivity contribution >= 4 is 17.7 Å². The lowest BCUT2D eigenvalue weighted by Gasteiger charge is -2.70. The van der Waals surface area contributed by atoms with E-state index in [1.54, 1.807) is 18.2 Å². The molecule has 0 heterocycles. The van der Waals surface area contributed by atoms with Crippen molar-refractivity contribution in [3.8, 4) is 5.75 Å². The zero-order valence-electron chi connectivity index (χ0n) is 28.0. The Morgan fingerprint density at radius 2 is 1.57 bits per heavy atom. The van der Waals surface area contributed by atoms with Crippen LogP contribution in [0.3, 0.4) is 0 Å². The summed E-state index contributed by atoms with van der Waals surface area (Å²) in [5.41, 5.74) is 0.317. The van der Waals surface area contributed by atoms with Gasteiger partial charge in [0.1, 0.15) is 17.4 Å². The van der Waals surface area contributed by atoms with Crippen LogP contribution in [0.5, 0.6) is 5.75 Å². The molecule has 0 spiro atoms. The van der Waals surface area contributed by atoms with Crippen LogP contribution in [0.1, 0.15) is 117 Å². The highest BCUT2D eigenvalue weighted by Gasteiger charge is 2.70. The number of fused-ring (bicyclic) bond motifs is 7. The highest BCUT2D eigenvalue weighted by Crippen LogP contribution is 2.75. The summed E-state index contributed by atoms with van der Waals surface area (Å²) in [5.74, 6) is -0.0443. The number of benzene rings is 1. The summed E-state index contributed by atoms with van der Waals surface area (Å²) >= 11 is 0. The van der Waals surface area contributed by atoms with Gasteiger partial charge in [0.2, 0.25) is 0 Å². The van der Waals surface area contributed by atoms with Crippen LogP contribution in [0.25, 0.3) is 0 Å². The fourth-order valence-electron chi connectivity index (χ4n) is 11.7. The van der Waals surface area contributed by atoms with Crippen molar-refractivity contribution in [3.63, 3.8) is 0 Å². The number of hydrogen-bond donors (Lipinski definition) is 1. The number of carboxylic acids is 1. The zero-order chi connectivity index (χ0) is 32.1. The number of allylic oxidation sites excluding steroid dienone is 2. The van der Waals surface area contributed by atoms with Gasteiger partial charge in [0.05, 0.1) is 12.5 Å². The van der Waals surface area contributed by atoms with Crippen molar-refractivity contribution in [3.05, 3.63) is 41.5 Å². The third kappa shape index (κ3) is 4.14. The lowest BCUT2D eigenvalue weighted by atomic mass is 9.33. The molecule has 240 valence electrons. The Hall–Kier alpha value is -2.63. The van der Waals surface area contributed by atoms with Crippen LogP contribution >= 0.6 is 0 Å². The number of esters is 1. The number of aromatic carboxylic acids is 1. The number of methoxy groups -OCH3 is 1. The molecule has 4 fully saturated rings. The number of para-hydroxylation sites is 1. The average Bonchev–Trinajstić information content (AvgIpc) is 2.96. The Bertz CT molecular complexity index is 1430. The fourth-order valence-corrected chi connectivity index (χ4v) is 11.7. The Balaban J connectivity index is 1.36. The molecule has 5 aliphatic carbocycles. The van der Waals surface area contributed by atoms with Gasteiger partial charge in [0.25, 0.3) is 0 Å². The average molecular weight is 605 g/mol. The summed E-state index contributed by atoms with van der Waals surface area (Å²) in [4.78, 5) is 39.6. The van der Waals surface area contributed by atoms with E-state index in [0.717, 1.165) is 57.8 Å². The number of ketones is 1. The Labute approximate surface area is 263 Å². The first-order valence-corrected chi connectivity index (χ1v) is 16.8. The van der Waals surface area contributed by atoms with E-state index in [4.69, 9.17) is 9.47 Å². The van der Waals surface area contributed by atoms with Gasteiger partial charge in [-0.1, -0.05) is 59.2 Å². The minimum absolute atomic E-state index is 0.0889. The first-order valence-electron chi connectivity index (χ1n) is 16.8. The predicted molar refractivity (Wildman–Crippen MR) is 169 cm³/mol. The molecule has 0 bridgehead atoms. The molecule has 1 N–H and O–H groups in total. The van der Waals surface area contributed by atoms with Crippen molar-refractivity contribution in [1.29, 1.82) is 0 Å². The summed E-state index contributed by atoms with van der Waals surface area (Å²) < 4.78 is 11.8. The molecule has 0 aliphatic heterocycles. The molecule has 2 unspecified atom stereocenters. The second-order valence-corrected chi connectivity index (χ2v) is 17.0. The molecule has 5 aliphatic rings. The Morgan fingerprint density at radius 1 is 0.886 bits per heavy atom. The molecule has 6 nitrogen and oxygen atoms in total. The molecule has 1 aromatic carbocycles. The van der Waals surface area contributed by atoms with E-state index < -0.39 is 11.4 Å². The lowest BCUT2D eigenvalue weighted by Crippen LogP contribution is -2.67. The van der Waals surface area contributed by atoms with Crippen molar-refractivity contribution in [1.82, 2.24) is 0 Å². The summed E-state index contributed by atoms with van der Waals surface area (Å²) in [5, 5.41) is 9.77. The highest BCUT2D eigenvalue weighted by atomic mass is 16.5. The molecule has 9 atom stereocenters. The SMILES string of the molecule is COC(=O)[C@@]1(C)CC[C@]2(C)CC[C@]3(C)C(=CC(=O)[C@@H]4[C@@]5(C)CC[C@@H](Oc6ccccc6C(=O)O)C(C)(C)C5CC[C@]43C)C2C1.